The molecule has 0 saturated carbocycles. The van der Waals surface area contributed by atoms with Gasteiger partial charge in [-0.3, -0.25) is 4.79 Å². The first-order chi connectivity index (χ1) is 12.6. The Morgan fingerprint density at radius 1 is 1.15 bits per heavy atom. The molecule has 0 fully saturated rings. The molecule has 1 heterocycles. The zero-order valence-electron chi connectivity index (χ0n) is 13.5. The van der Waals surface area contributed by atoms with Crippen LogP contribution in [0.5, 0.6) is 5.75 Å². The molecule has 0 radical (unpaired) electrons. The molecule has 1 aromatic heterocycles. The second kappa shape index (κ2) is 8.82. The van der Waals surface area contributed by atoms with E-state index in [9.17, 15) is 4.79 Å². The Labute approximate surface area is 167 Å². The van der Waals surface area contributed by atoms with Crippen molar-refractivity contribution in [1.82, 2.24) is 5.43 Å². The second-order valence-electron chi connectivity index (χ2n) is 5.27. The van der Waals surface area contributed by atoms with Crippen LogP contribution in [0.2, 0.25) is 0 Å². The van der Waals surface area contributed by atoms with Crippen LogP contribution in [0.25, 0.3) is 0 Å². The lowest BCUT2D eigenvalue weighted by Crippen LogP contribution is -2.16. The van der Waals surface area contributed by atoms with Crippen molar-refractivity contribution in [2.24, 2.45) is 5.10 Å². The van der Waals surface area contributed by atoms with Crippen LogP contribution in [0.15, 0.2) is 79.3 Å². The molecule has 0 aliphatic rings. The lowest BCUT2D eigenvalue weighted by atomic mass is 10.2. The number of rotatable bonds is 6. The summed E-state index contributed by atoms with van der Waals surface area (Å²) >= 11 is 6.94. The van der Waals surface area contributed by atoms with Crippen molar-refractivity contribution in [1.29, 1.82) is 0 Å². The van der Waals surface area contributed by atoms with Gasteiger partial charge in [-0.2, -0.15) is 5.10 Å². The Bertz CT molecular complexity index is 907. The van der Waals surface area contributed by atoms with Crippen molar-refractivity contribution in [2.75, 3.05) is 0 Å². The van der Waals surface area contributed by atoms with E-state index < -0.39 is 5.91 Å². The van der Waals surface area contributed by atoms with Crippen LogP contribution < -0.4 is 10.2 Å². The molecule has 1 N–H and O–H groups in total. The SMILES string of the molecule is O=C(N/N=C/c1ccc(OCc2ccc(Br)cc2Br)cc1)c1ccco1. The highest BCUT2D eigenvalue weighted by Gasteiger charge is 2.06. The third-order valence-electron chi connectivity index (χ3n) is 3.41. The van der Waals surface area contributed by atoms with Gasteiger partial charge in [-0.15, -0.1) is 0 Å². The van der Waals surface area contributed by atoms with Crippen molar-refractivity contribution in [3.8, 4) is 5.75 Å². The minimum absolute atomic E-state index is 0.213. The van der Waals surface area contributed by atoms with E-state index in [0.29, 0.717) is 6.61 Å². The normalized spacial score (nSPS) is 10.8. The van der Waals surface area contributed by atoms with Crippen molar-refractivity contribution >= 4 is 44.0 Å². The molecule has 2 aromatic carbocycles. The van der Waals surface area contributed by atoms with Gasteiger partial charge in [0.1, 0.15) is 12.4 Å². The van der Waals surface area contributed by atoms with Gasteiger partial charge in [0.25, 0.3) is 0 Å². The van der Waals surface area contributed by atoms with Crippen molar-refractivity contribution in [2.45, 2.75) is 6.61 Å². The molecule has 0 unspecified atom stereocenters. The molecular formula is C19H14Br2N2O3. The Balaban J connectivity index is 1.53. The molecule has 1 amide bonds. The van der Waals surface area contributed by atoms with Gasteiger partial charge in [0, 0.05) is 14.5 Å². The molecule has 26 heavy (non-hydrogen) atoms. The summed E-state index contributed by atoms with van der Waals surface area (Å²) in [7, 11) is 0. The number of benzene rings is 2. The predicted octanol–water partition coefficient (Wildman–Crippen LogP) is 5.15. The van der Waals surface area contributed by atoms with Gasteiger partial charge < -0.3 is 9.15 Å². The highest BCUT2D eigenvalue weighted by atomic mass is 79.9. The molecule has 3 rings (SSSR count). The molecule has 0 aliphatic heterocycles. The molecule has 3 aromatic rings. The quantitative estimate of drug-likeness (QED) is 0.394. The molecular weight excluding hydrogens is 464 g/mol. The number of nitrogens with zero attached hydrogens (tertiary/aromatic N) is 1. The summed E-state index contributed by atoms with van der Waals surface area (Å²) in [5.74, 6) is 0.563. The van der Waals surface area contributed by atoms with E-state index >= 15 is 0 Å². The topological polar surface area (TPSA) is 63.8 Å². The molecule has 0 atom stereocenters. The molecule has 0 saturated heterocycles. The number of halogens is 2. The standard InChI is InChI=1S/C19H14Br2N2O3/c20-15-6-5-14(17(21)10-15)12-26-16-7-3-13(4-8-16)11-22-23-19(24)18-2-1-9-25-18/h1-11H,12H2,(H,23,24)/b22-11+. The van der Waals surface area contributed by atoms with Crippen LogP contribution >= 0.6 is 31.9 Å². The number of hydrazone groups is 1. The first-order valence-corrected chi connectivity index (χ1v) is 9.24. The molecule has 0 bridgehead atoms. The van der Waals surface area contributed by atoms with Crippen molar-refractivity contribution in [3.63, 3.8) is 0 Å². The van der Waals surface area contributed by atoms with E-state index in [1.54, 1.807) is 18.3 Å². The maximum Gasteiger partial charge on any atom is 0.307 e. The Kier molecular flexibility index (Phi) is 6.25. The van der Waals surface area contributed by atoms with Crippen molar-refractivity contribution < 1.29 is 13.9 Å². The summed E-state index contributed by atoms with van der Waals surface area (Å²) in [6.45, 7) is 0.459. The van der Waals surface area contributed by atoms with Gasteiger partial charge in [0.2, 0.25) is 0 Å². The van der Waals surface area contributed by atoms with Gasteiger partial charge in [-0.1, -0.05) is 37.9 Å². The van der Waals surface area contributed by atoms with E-state index in [2.05, 4.69) is 42.4 Å². The van der Waals surface area contributed by atoms with Gasteiger partial charge in [-0.25, -0.2) is 5.43 Å². The number of ether oxygens (including phenoxy) is 1. The zero-order valence-corrected chi connectivity index (χ0v) is 16.7. The van der Waals surface area contributed by atoms with Crippen LogP contribution in [-0.4, -0.2) is 12.1 Å². The Morgan fingerprint density at radius 3 is 2.65 bits per heavy atom. The fourth-order valence-electron chi connectivity index (χ4n) is 2.08. The fraction of sp³-hybridized carbons (Fsp3) is 0.0526. The van der Waals surface area contributed by atoms with Gasteiger partial charge >= 0.3 is 5.91 Å². The molecule has 0 spiro atoms. The number of carbonyl (C=O) groups excluding carboxylic acids is 1. The minimum atomic E-state index is -0.397. The van der Waals surface area contributed by atoms with E-state index in [1.165, 1.54) is 6.26 Å². The fourth-order valence-corrected chi connectivity index (χ4v) is 3.24. The Morgan fingerprint density at radius 2 is 1.96 bits per heavy atom. The number of carbonyl (C=O) groups is 1. The van der Waals surface area contributed by atoms with Gasteiger partial charge in [-0.05, 0) is 54.1 Å². The maximum absolute atomic E-state index is 11.7. The van der Waals surface area contributed by atoms with E-state index in [4.69, 9.17) is 9.15 Å². The third-order valence-corrected chi connectivity index (χ3v) is 4.65. The van der Waals surface area contributed by atoms with Crippen LogP contribution in [-0.2, 0) is 6.61 Å². The summed E-state index contributed by atoms with van der Waals surface area (Å²) in [6, 6.07) is 16.6. The number of hydrogen-bond acceptors (Lipinski definition) is 4. The summed E-state index contributed by atoms with van der Waals surface area (Å²) < 4.78 is 12.8. The average molecular weight is 478 g/mol. The lowest BCUT2D eigenvalue weighted by Gasteiger charge is -2.08. The molecule has 0 aliphatic carbocycles. The van der Waals surface area contributed by atoms with Gasteiger partial charge in [0.15, 0.2) is 5.76 Å². The van der Waals surface area contributed by atoms with Crippen LogP contribution in [0.4, 0.5) is 0 Å². The van der Waals surface area contributed by atoms with E-state index in [1.807, 2.05) is 42.5 Å². The smallest absolute Gasteiger partial charge is 0.307 e. The molecule has 132 valence electrons. The number of nitrogens with one attached hydrogen (secondary N) is 1. The van der Waals surface area contributed by atoms with Crippen molar-refractivity contribution in [3.05, 3.63) is 86.7 Å². The van der Waals surface area contributed by atoms with E-state index in [0.717, 1.165) is 25.8 Å². The largest absolute Gasteiger partial charge is 0.489 e. The monoisotopic (exact) mass is 476 g/mol. The minimum Gasteiger partial charge on any atom is -0.489 e. The molecule has 5 nitrogen and oxygen atoms in total. The van der Waals surface area contributed by atoms with Gasteiger partial charge in [0.05, 0.1) is 12.5 Å². The summed E-state index contributed by atoms with van der Waals surface area (Å²) in [4.78, 5) is 11.7. The summed E-state index contributed by atoms with van der Waals surface area (Å²) in [5.41, 5.74) is 4.29. The van der Waals surface area contributed by atoms with Crippen LogP contribution in [0.1, 0.15) is 21.7 Å². The van der Waals surface area contributed by atoms with E-state index in [-0.39, 0.29) is 5.76 Å². The first-order valence-electron chi connectivity index (χ1n) is 7.65. The zero-order chi connectivity index (χ0) is 18.4. The second-order valence-corrected chi connectivity index (χ2v) is 7.04. The molecule has 7 heteroatoms. The first kappa shape index (κ1) is 18.4. The number of hydrogen-bond donors (Lipinski definition) is 1. The number of furan rings is 1. The maximum atomic E-state index is 11.7. The highest BCUT2D eigenvalue weighted by Crippen LogP contribution is 2.23. The lowest BCUT2D eigenvalue weighted by molar-refractivity contribution is 0.0927. The highest BCUT2D eigenvalue weighted by molar-refractivity contribution is 9.11. The predicted molar refractivity (Wildman–Crippen MR) is 106 cm³/mol. The summed E-state index contributed by atoms with van der Waals surface area (Å²) in [6.07, 6.45) is 2.99. The average Bonchev–Trinajstić information content (AvgIpc) is 3.17. The van der Waals surface area contributed by atoms with Crippen LogP contribution in [0.3, 0.4) is 0 Å². The number of amides is 1. The van der Waals surface area contributed by atoms with Crippen LogP contribution in [0, 0.1) is 0 Å². The third kappa shape index (κ3) is 5.06. The Hall–Kier alpha value is -2.38. The summed E-state index contributed by atoms with van der Waals surface area (Å²) in [5, 5.41) is 3.90.